The van der Waals surface area contributed by atoms with Gasteiger partial charge in [0.1, 0.15) is 0 Å². The molecule has 75 heavy (non-hydrogen) atoms. The van der Waals surface area contributed by atoms with Gasteiger partial charge < -0.3 is 0 Å². The van der Waals surface area contributed by atoms with Crippen molar-refractivity contribution < 1.29 is 0 Å². The molecule has 0 aliphatic heterocycles. The van der Waals surface area contributed by atoms with E-state index >= 15 is 0 Å². The first-order valence-corrected chi connectivity index (χ1v) is 33.8. The fraction of sp³-hybridized carbons (Fsp3) is 0.893. The van der Waals surface area contributed by atoms with Crippen molar-refractivity contribution in [3.8, 4) is 0 Å². The topological polar surface area (TPSA) is 0 Å². The third kappa shape index (κ3) is 37.5. The van der Waals surface area contributed by atoms with Crippen LogP contribution in [0.3, 0.4) is 0 Å². The molecule has 4 unspecified atom stereocenters. The van der Waals surface area contributed by atoms with E-state index in [1.165, 1.54) is 199 Å². The highest BCUT2D eigenvalue weighted by Crippen LogP contribution is 2.45. The second-order valence-corrected chi connectivity index (χ2v) is 28.9. The average Bonchev–Trinajstić information content (AvgIpc) is 3.32. The Morgan fingerprint density at radius 2 is 0.747 bits per heavy atom. The van der Waals surface area contributed by atoms with E-state index in [4.69, 9.17) is 0 Å². The summed E-state index contributed by atoms with van der Waals surface area (Å²) >= 11 is 0. The van der Waals surface area contributed by atoms with Gasteiger partial charge in [-0.2, -0.15) is 0 Å². The largest absolute Gasteiger partial charge is 0.0853 e. The maximum atomic E-state index is 2.44. The Morgan fingerprint density at radius 3 is 1.03 bits per heavy atom. The van der Waals surface area contributed by atoms with Gasteiger partial charge in [-0.15, -0.1) is 0 Å². The quantitative estimate of drug-likeness (QED) is 0.0948. The van der Waals surface area contributed by atoms with Crippen molar-refractivity contribution in [2.45, 2.75) is 379 Å². The van der Waals surface area contributed by atoms with Crippen molar-refractivity contribution in [1.29, 1.82) is 0 Å². The lowest BCUT2D eigenvalue weighted by molar-refractivity contribution is 0.203. The molecule has 448 valence electrons. The standard InChI is InChI=1S/4C12H22.C12H26.C8H18.C7H16/c4*1-5-7-11-10(2)8-6-9-12(11,3)4;1-5-6-9-12(4)10-7-8-11(2)3;1-4-6-7-8(3)5-2;1-4-5-6-7(2)3/h2*5-9H2,1-4H3;2*8,11H,5-7,9H2,1-4H3;11-12H,5-10H2,1-4H3;8H,4-7H2,1-3H3;7H,4-6H2,1-3H3. The van der Waals surface area contributed by atoms with Crippen molar-refractivity contribution in [3.63, 3.8) is 0 Å². The van der Waals surface area contributed by atoms with E-state index in [0.29, 0.717) is 21.7 Å². The zero-order valence-electron chi connectivity index (χ0n) is 57.5. The molecular weight excluding hydrogens is 901 g/mol. The van der Waals surface area contributed by atoms with E-state index in [9.17, 15) is 0 Å². The first kappa shape index (κ1) is 78.2. The van der Waals surface area contributed by atoms with Crippen molar-refractivity contribution in [1.82, 2.24) is 0 Å². The fourth-order valence-corrected chi connectivity index (χ4v) is 12.9. The molecule has 0 bridgehead atoms. The highest BCUT2D eigenvalue weighted by atomic mass is 14.4. The first-order valence-electron chi connectivity index (χ1n) is 33.8. The Morgan fingerprint density at radius 1 is 0.413 bits per heavy atom. The summed E-state index contributed by atoms with van der Waals surface area (Å²) in [5.74, 6) is 5.40. The van der Waals surface area contributed by atoms with Crippen molar-refractivity contribution in [2.75, 3.05) is 0 Å². The zero-order valence-corrected chi connectivity index (χ0v) is 57.5. The lowest BCUT2D eigenvalue weighted by atomic mass is 9.67. The normalized spacial score (nSPS) is 21.1. The van der Waals surface area contributed by atoms with E-state index < -0.39 is 0 Å². The predicted molar refractivity (Wildman–Crippen MR) is 352 cm³/mol. The van der Waals surface area contributed by atoms with E-state index in [2.05, 4.69) is 192 Å². The summed E-state index contributed by atoms with van der Waals surface area (Å²) in [4.78, 5) is 0. The minimum Gasteiger partial charge on any atom is -0.0853 e. The van der Waals surface area contributed by atoms with E-state index in [0.717, 1.165) is 35.5 Å². The molecule has 0 aromatic rings. The molecular formula is C75H148. The second kappa shape index (κ2) is 44.7. The second-order valence-electron chi connectivity index (χ2n) is 28.9. The molecule has 0 spiro atoms. The first-order chi connectivity index (χ1) is 35.0. The molecule has 0 nitrogen and oxygen atoms in total. The molecule has 0 aromatic heterocycles. The molecule has 0 amide bonds. The molecule has 0 N–H and O–H groups in total. The van der Waals surface area contributed by atoms with Crippen LogP contribution in [0.4, 0.5) is 0 Å². The van der Waals surface area contributed by atoms with Crippen molar-refractivity contribution in [3.05, 3.63) is 45.6 Å². The Labute approximate surface area is 479 Å². The van der Waals surface area contributed by atoms with Gasteiger partial charge in [-0.3, -0.25) is 0 Å². The molecule has 0 saturated carbocycles. The number of hydrogen-bond acceptors (Lipinski definition) is 0. The predicted octanol–water partition coefficient (Wildman–Crippen LogP) is 27.7. The zero-order chi connectivity index (χ0) is 58.3. The van der Waals surface area contributed by atoms with Gasteiger partial charge in [-0.05, 0) is 175 Å². The minimum atomic E-state index is 0.498. The number of rotatable bonds is 22. The lowest BCUT2D eigenvalue weighted by Gasteiger charge is -2.38. The molecule has 4 atom stereocenters. The molecule has 0 saturated heterocycles. The van der Waals surface area contributed by atoms with Crippen LogP contribution >= 0.6 is 0 Å². The summed E-state index contributed by atoms with van der Waals surface area (Å²) < 4.78 is 0. The Balaban J connectivity index is -0.000000813. The highest BCUT2D eigenvalue weighted by molar-refractivity contribution is 5.23. The van der Waals surface area contributed by atoms with Crippen LogP contribution in [0.15, 0.2) is 45.6 Å². The smallest absolute Gasteiger partial charge is 0.0142 e. The number of hydrogen-bond donors (Lipinski definition) is 0. The molecule has 0 aromatic carbocycles. The minimum absolute atomic E-state index is 0.498. The Hall–Kier alpha value is -1.04. The third-order valence-electron chi connectivity index (χ3n) is 18.4. The SMILES string of the molecule is CCCC1=C(C)CCCC1(C)C.CCCC1=C(C)CCCC1(C)C.CCCC1C(C)=CCCC1(C)C.CCCC1C(C)=CCCC1(C)C.CCCCC(C)C.CCCCC(C)CC.CCCCC(C)CCCC(C)C. The molecule has 0 heterocycles. The number of allylic oxidation sites excluding steroid dienone is 8. The summed E-state index contributed by atoms with van der Waals surface area (Å²) in [6.45, 7) is 60.6. The van der Waals surface area contributed by atoms with E-state index in [-0.39, 0.29) is 0 Å². The Bertz CT molecular complexity index is 1370. The van der Waals surface area contributed by atoms with Crippen LogP contribution in [-0.2, 0) is 0 Å². The van der Waals surface area contributed by atoms with Gasteiger partial charge in [0.05, 0.1) is 0 Å². The monoisotopic (exact) mass is 1050 g/mol. The van der Waals surface area contributed by atoms with Crippen LogP contribution < -0.4 is 0 Å². The van der Waals surface area contributed by atoms with Crippen LogP contribution in [-0.4, -0.2) is 0 Å². The molecule has 4 aliphatic rings. The van der Waals surface area contributed by atoms with E-state index in [1.54, 1.807) is 33.4 Å². The fourth-order valence-electron chi connectivity index (χ4n) is 12.9. The van der Waals surface area contributed by atoms with Crippen molar-refractivity contribution >= 4 is 0 Å². The molecule has 0 radical (unpaired) electrons. The van der Waals surface area contributed by atoms with Gasteiger partial charge in [-0.1, -0.05) is 307 Å². The lowest BCUT2D eigenvalue weighted by Crippen LogP contribution is -2.27. The van der Waals surface area contributed by atoms with Gasteiger partial charge in [0.15, 0.2) is 0 Å². The molecule has 0 heteroatoms. The summed E-state index contributed by atoms with van der Waals surface area (Å²) in [6.07, 6.45) is 47.3. The number of unbranched alkanes of at least 4 members (excludes halogenated alkanes) is 3. The van der Waals surface area contributed by atoms with Gasteiger partial charge in [-0.25, -0.2) is 0 Å². The molecule has 0 fully saturated rings. The van der Waals surface area contributed by atoms with Gasteiger partial charge in [0.25, 0.3) is 0 Å². The highest BCUT2D eigenvalue weighted by Gasteiger charge is 2.33. The van der Waals surface area contributed by atoms with Gasteiger partial charge in [0, 0.05) is 0 Å². The summed E-state index contributed by atoms with van der Waals surface area (Å²) in [6, 6.07) is 0. The van der Waals surface area contributed by atoms with Crippen LogP contribution in [0, 0.1) is 57.2 Å². The van der Waals surface area contributed by atoms with Crippen LogP contribution in [0.2, 0.25) is 0 Å². The summed E-state index contributed by atoms with van der Waals surface area (Å²) in [5.41, 5.74) is 12.2. The third-order valence-corrected chi connectivity index (χ3v) is 18.4. The summed E-state index contributed by atoms with van der Waals surface area (Å²) in [5, 5.41) is 0. The molecule has 4 aliphatic carbocycles. The maximum absolute atomic E-state index is 2.44. The van der Waals surface area contributed by atoms with Gasteiger partial charge >= 0.3 is 0 Å². The van der Waals surface area contributed by atoms with Gasteiger partial charge in [0.2, 0.25) is 0 Å². The van der Waals surface area contributed by atoms with Crippen LogP contribution in [0.25, 0.3) is 0 Å². The maximum Gasteiger partial charge on any atom is -0.0142 e. The molecule has 4 rings (SSSR count). The van der Waals surface area contributed by atoms with E-state index in [1.807, 2.05) is 0 Å². The van der Waals surface area contributed by atoms with Crippen LogP contribution in [0.1, 0.15) is 379 Å². The van der Waals surface area contributed by atoms with Crippen molar-refractivity contribution in [2.24, 2.45) is 57.2 Å². The summed E-state index contributed by atoms with van der Waals surface area (Å²) in [7, 11) is 0. The van der Waals surface area contributed by atoms with Crippen LogP contribution in [0.5, 0.6) is 0 Å². The average molecular weight is 1050 g/mol. The Kier molecular flexibility index (Phi) is 46.6.